The SMILES string of the molecule is CC[C@]1(O)C[C@H]2CN(CCc3c([nH]c4ccc(C#CC(C)C)cc34)[C@@](C(=O)OC)(c3cc4c(cc3OC)N(C=O)C3[C@]45CCN4CC=C[C@@](CC)([C@@H](OC(C)=O)[C@]3(O)C(=O)OC)[C@H]45)C2)C1. The molecule has 6 aliphatic rings. The lowest BCUT2D eigenvalue weighted by atomic mass is 9.47. The fourth-order valence-electron chi connectivity index (χ4n) is 13.7. The molecule has 0 radical (unpaired) electrons. The van der Waals surface area contributed by atoms with Crippen LogP contribution >= 0.6 is 0 Å². The summed E-state index contributed by atoms with van der Waals surface area (Å²) in [5, 5.41) is 26.4. The second-order valence-corrected chi connectivity index (χ2v) is 19.7. The van der Waals surface area contributed by atoms with Gasteiger partial charge in [-0.25, -0.2) is 4.79 Å². The van der Waals surface area contributed by atoms with Crippen molar-refractivity contribution in [2.75, 3.05) is 59.0 Å². The van der Waals surface area contributed by atoms with E-state index < -0.39 is 63.5 Å². The monoisotopic (exact) mass is 890 g/mol. The first-order valence-corrected chi connectivity index (χ1v) is 23.1. The number of aromatic nitrogens is 1. The number of hydrogen-bond acceptors (Lipinski definition) is 12. The lowest BCUT2D eigenvalue weighted by molar-refractivity contribution is -0.228. The summed E-state index contributed by atoms with van der Waals surface area (Å²) in [7, 11) is 4.09. The first-order valence-electron chi connectivity index (χ1n) is 23.1. The molecule has 3 aromatic rings. The third-order valence-electron chi connectivity index (χ3n) is 16.1. The molecule has 2 bridgehead atoms. The van der Waals surface area contributed by atoms with E-state index in [1.54, 1.807) is 6.07 Å². The number of carbonyl (C=O) groups is 4. The number of nitrogens with one attached hydrogen (secondary N) is 1. The van der Waals surface area contributed by atoms with Gasteiger partial charge in [-0.05, 0) is 86.4 Å². The summed E-state index contributed by atoms with van der Waals surface area (Å²) in [5.74, 6) is 4.65. The van der Waals surface area contributed by atoms with E-state index in [-0.39, 0.29) is 18.3 Å². The summed E-state index contributed by atoms with van der Waals surface area (Å²) in [6.07, 6.45) is 5.69. The Morgan fingerprint density at radius 1 is 0.985 bits per heavy atom. The number of esters is 3. The normalized spacial score (nSPS) is 34.4. The zero-order valence-electron chi connectivity index (χ0n) is 38.8. The van der Waals surface area contributed by atoms with Gasteiger partial charge in [-0.15, -0.1) is 0 Å². The molecule has 14 heteroatoms. The second kappa shape index (κ2) is 16.0. The predicted molar refractivity (Wildman–Crippen MR) is 242 cm³/mol. The van der Waals surface area contributed by atoms with Crippen molar-refractivity contribution in [3.63, 3.8) is 0 Å². The molecular weight excluding hydrogens is 829 g/mol. The highest BCUT2D eigenvalue weighted by Gasteiger charge is 2.81. The van der Waals surface area contributed by atoms with Gasteiger partial charge < -0.3 is 39.0 Å². The number of rotatable bonds is 8. The predicted octanol–water partition coefficient (Wildman–Crippen LogP) is 4.53. The van der Waals surface area contributed by atoms with Gasteiger partial charge in [-0.1, -0.05) is 51.7 Å². The van der Waals surface area contributed by atoms with E-state index in [1.807, 2.05) is 58.0 Å². The Morgan fingerprint density at radius 2 is 1.75 bits per heavy atom. The highest BCUT2D eigenvalue weighted by Crippen LogP contribution is 2.68. The zero-order valence-corrected chi connectivity index (χ0v) is 38.8. The molecule has 3 N–H and O–H groups in total. The number of aliphatic hydroxyl groups is 2. The summed E-state index contributed by atoms with van der Waals surface area (Å²) in [4.78, 5) is 66.7. The van der Waals surface area contributed by atoms with E-state index in [4.69, 9.17) is 18.9 Å². The van der Waals surface area contributed by atoms with Gasteiger partial charge in [-0.2, -0.15) is 0 Å². The number of anilines is 1. The lowest BCUT2D eigenvalue weighted by Gasteiger charge is -2.63. The van der Waals surface area contributed by atoms with Crippen molar-refractivity contribution in [1.82, 2.24) is 14.8 Å². The van der Waals surface area contributed by atoms with Gasteiger partial charge in [0, 0.05) is 89.7 Å². The van der Waals surface area contributed by atoms with Crippen molar-refractivity contribution in [2.45, 2.75) is 113 Å². The fourth-order valence-corrected chi connectivity index (χ4v) is 13.7. The molecule has 2 aromatic carbocycles. The molecule has 1 aliphatic carbocycles. The standard InChI is InChI=1S/C51H62N4O10/c1-9-47(60)25-33-26-50(45(58)63-7,41-34(16-20-53(27-33)28-47)35-22-32(13-12-30(3)4)14-15-38(35)52-41)37-23-36-39(24-40(37)62-6)55(29-56)43-49(36)18-21-54-19-11-17-48(10-2,42(49)54)44(65-31(5)57)51(43,61)46(59)64-8/h11,14-15,17,22-24,29-30,33,42-44,52,60-61H,9-10,16,18-21,25-28H2,1-8H3/t33-,42+,43?,44-,47+,48-,49-,50+,51+/m1/s1. The van der Waals surface area contributed by atoms with Crippen LogP contribution in [-0.4, -0.2) is 133 Å². The smallest absolute Gasteiger partial charge is 0.344 e. The summed E-state index contributed by atoms with van der Waals surface area (Å²) in [6.45, 7) is 12.2. The van der Waals surface area contributed by atoms with E-state index in [0.29, 0.717) is 99.5 Å². The highest BCUT2D eigenvalue weighted by molar-refractivity contribution is 5.97. The number of carbonyl (C=O) groups excluding carboxylic acids is 4. The number of methoxy groups -OCH3 is 3. The molecule has 5 aliphatic heterocycles. The molecule has 1 amide bonds. The molecule has 346 valence electrons. The Hall–Kier alpha value is -5.20. The van der Waals surface area contributed by atoms with Crippen molar-refractivity contribution < 1.29 is 48.3 Å². The van der Waals surface area contributed by atoms with Crippen molar-refractivity contribution in [3.05, 3.63) is 70.4 Å². The Bertz CT molecular complexity index is 2560. The first kappa shape index (κ1) is 45.0. The number of nitrogens with zero attached hydrogens (tertiary/aromatic N) is 3. The van der Waals surface area contributed by atoms with Crippen LogP contribution in [0.5, 0.6) is 5.75 Å². The van der Waals surface area contributed by atoms with Crippen LogP contribution in [0.15, 0.2) is 42.5 Å². The quantitative estimate of drug-likeness (QED) is 0.0952. The molecule has 1 aromatic heterocycles. The van der Waals surface area contributed by atoms with E-state index in [1.165, 1.54) is 33.2 Å². The fraction of sp³-hybridized carbons (Fsp3) is 0.569. The minimum absolute atomic E-state index is 0.165. The van der Waals surface area contributed by atoms with Crippen LogP contribution in [-0.2, 0) is 50.6 Å². The van der Waals surface area contributed by atoms with Gasteiger partial charge in [0.05, 0.1) is 38.7 Å². The number of amides is 1. The Kier molecular flexibility index (Phi) is 11.1. The molecule has 3 fully saturated rings. The second-order valence-electron chi connectivity index (χ2n) is 19.7. The maximum Gasteiger partial charge on any atom is 0.344 e. The first-order chi connectivity index (χ1) is 31.0. The molecule has 9 rings (SSSR count). The van der Waals surface area contributed by atoms with Crippen molar-refractivity contribution >= 4 is 40.9 Å². The minimum Gasteiger partial charge on any atom is -0.496 e. The molecule has 2 unspecified atom stereocenters. The van der Waals surface area contributed by atoms with Crippen LogP contribution in [0.25, 0.3) is 10.9 Å². The molecule has 65 heavy (non-hydrogen) atoms. The Labute approximate surface area is 380 Å². The summed E-state index contributed by atoms with van der Waals surface area (Å²) < 4.78 is 23.9. The van der Waals surface area contributed by atoms with Crippen LogP contribution < -0.4 is 9.64 Å². The van der Waals surface area contributed by atoms with Gasteiger partial charge in [0.1, 0.15) is 11.2 Å². The summed E-state index contributed by atoms with van der Waals surface area (Å²) in [5.41, 5.74) is -2.59. The number of ether oxygens (including phenoxy) is 4. The van der Waals surface area contributed by atoms with Gasteiger partial charge in [-0.3, -0.25) is 24.2 Å². The number of H-pyrrole nitrogens is 1. The molecule has 10 atom stereocenters. The number of piperidine rings is 1. The topological polar surface area (TPSA) is 171 Å². The van der Waals surface area contributed by atoms with Crippen LogP contribution in [0.4, 0.5) is 5.69 Å². The molecular formula is C51H62N4O10. The third kappa shape index (κ3) is 6.28. The van der Waals surface area contributed by atoms with Crippen molar-refractivity contribution in [2.24, 2.45) is 17.3 Å². The zero-order chi connectivity index (χ0) is 46.4. The maximum atomic E-state index is 15.5. The van der Waals surface area contributed by atoms with Crippen LogP contribution in [0.3, 0.4) is 0 Å². The summed E-state index contributed by atoms with van der Waals surface area (Å²) >= 11 is 0. The average molecular weight is 891 g/mol. The largest absolute Gasteiger partial charge is 0.496 e. The van der Waals surface area contributed by atoms with Crippen LogP contribution in [0.1, 0.15) is 94.7 Å². The summed E-state index contributed by atoms with van der Waals surface area (Å²) in [6, 6.07) is 8.00. The molecule has 14 nitrogen and oxygen atoms in total. The molecule has 1 spiro atoms. The molecule has 2 saturated heterocycles. The molecule has 1 saturated carbocycles. The number of aromatic amines is 1. The Balaban J connectivity index is 1.38. The van der Waals surface area contributed by atoms with Crippen LogP contribution in [0, 0.1) is 29.1 Å². The van der Waals surface area contributed by atoms with Gasteiger partial charge in [0.2, 0.25) is 12.0 Å². The number of hydrogen-bond donors (Lipinski definition) is 3. The Morgan fingerprint density at radius 3 is 2.42 bits per heavy atom. The van der Waals surface area contributed by atoms with E-state index in [2.05, 4.69) is 32.7 Å². The maximum absolute atomic E-state index is 15.5. The van der Waals surface area contributed by atoms with Crippen molar-refractivity contribution in [1.29, 1.82) is 0 Å². The molecule has 6 heterocycles. The third-order valence-corrected chi connectivity index (χ3v) is 16.1. The van der Waals surface area contributed by atoms with E-state index >= 15 is 4.79 Å². The average Bonchev–Trinajstić information content (AvgIpc) is 3.97. The van der Waals surface area contributed by atoms with Gasteiger partial charge >= 0.3 is 17.9 Å². The number of benzene rings is 2. The van der Waals surface area contributed by atoms with Crippen molar-refractivity contribution in [3.8, 4) is 17.6 Å². The minimum atomic E-state index is -2.55. The number of fused-ring (bicyclic) bond motifs is 6. The van der Waals surface area contributed by atoms with E-state index in [9.17, 15) is 24.6 Å². The lowest BCUT2D eigenvalue weighted by Crippen LogP contribution is -2.81. The van der Waals surface area contributed by atoms with Gasteiger partial charge in [0.25, 0.3) is 0 Å². The van der Waals surface area contributed by atoms with Gasteiger partial charge in [0.15, 0.2) is 6.10 Å². The van der Waals surface area contributed by atoms with Crippen LogP contribution in [0.2, 0.25) is 0 Å². The highest BCUT2D eigenvalue weighted by atomic mass is 16.6. The van der Waals surface area contributed by atoms with E-state index in [0.717, 1.165) is 22.0 Å².